The molecule has 1 aromatic carbocycles. The van der Waals surface area contributed by atoms with Gasteiger partial charge in [-0.3, -0.25) is 9.59 Å². The van der Waals surface area contributed by atoms with Crippen LogP contribution in [0.1, 0.15) is 54.1 Å². The van der Waals surface area contributed by atoms with Crippen LogP contribution in [0.2, 0.25) is 5.02 Å². The molecule has 0 fully saturated rings. The van der Waals surface area contributed by atoms with Crippen LogP contribution >= 0.6 is 22.9 Å². The fraction of sp³-hybridized carbons (Fsp3) is 0.381. The van der Waals surface area contributed by atoms with Crippen molar-refractivity contribution in [3.8, 4) is 0 Å². The van der Waals surface area contributed by atoms with Crippen molar-refractivity contribution >= 4 is 45.7 Å². The first kappa shape index (κ1) is 22.9. The Hall–Kier alpha value is -2.38. The Bertz CT molecular complexity index is 929. The lowest BCUT2D eigenvalue weighted by molar-refractivity contribution is -0.117. The van der Waals surface area contributed by atoms with Crippen LogP contribution < -0.4 is 10.6 Å². The number of hydrogen-bond donors (Lipinski definition) is 2. The van der Waals surface area contributed by atoms with Gasteiger partial charge in [0.05, 0.1) is 5.56 Å². The topological polar surface area (TPSA) is 84.5 Å². The number of hydrogen-bond acceptors (Lipinski definition) is 5. The molecule has 0 aliphatic rings. The van der Waals surface area contributed by atoms with Crippen LogP contribution in [0.15, 0.2) is 24.3 Å². The maximum absolute atomic E-state index is 13.0. The summed E-state index contributed by atoms with van der Waals surface area (Å²) in [5.41, 5.74) is 1.05. The van der Waals surface area contributed by atoms with Gasteiger partial charge in [0.1, 0.15) is 16.6 Å². The molecule has 2 amide bonds. The van der Waals surface area contributed by atoms with Crippen molar-refractivity contribution in [2.45, 2.75) is 53.2 Å². The van der Waals surface area contributed by atoms with Crippen LogP contribution in [0.5, 0.6) is 0 Å². The van der Waals surface area contributed by atoms with E-state index in [0.29, 0.717) is 21.2 Å². The molecule has 2 aromatic rings. The predicted molar refractivity (Wildman–Crippen MR) is 116 cm³/mol. The van der Waals surface area contributed by atoms with Crippen molar-refractivity contribution in [2.24, 2.45) is 0 Å². The molecule has 0 saturated heterocycles. The number of carbonyl (C=O) groups excluding carboxylic acids is 3. The molecule has 1 unspecified atom stereocenters. The second-order valence-electron chi connectivity index (χ2n) is 7.68. The largest absolute Gasteiger partial charge is 0.444 e. The molecule has 29 heavy (non-hydrogen) atoms. The van der Waals surface area contributed by atoms with Crippen LogP contribution in [-0.2, 0) is 9.53 Å². The number of anilines is 1. The van der Waals surface area contributed by atoms with Crippen LogP contribution in [0.25, 0.3) is 0 Å². The lowest BCUT2D eigenvalue weighted by atomic mass is 10.0. The van der Waals surface area contributed by atoms with Gasteiger partial charge in [-0.25, -0.2) is 4.79 Å². The third-order valence-corrected chi connectivity index (χ3v) is 5.46. The Kier molecular flexibility index (Phi) is 7.08. The molecule has 0 spiro atoms. The second-order valence-corrected chi connectivity index (χ2v) is 9.34. The van der Waals surface area contributed by atoms with Crippen LogP contribution in [0.3, 0.4) is 0 Å². The molecule has 0 aliphatic carbocycles. The summed E-state index contributed by atoms with van der Waals surface area (Å²) in [7, 11) is 0. The van der Waals surface area contributed by atoms with Gasteiger partial charge < -0.3 is 15.4 Å². The zero-order valence-electron chi connectivity index (χ0n) is 17.3. The van der Waals surface area contributed by atoms with Crippen molar-refractivity contribution in [1.82, 2.24) is 5.32 Å². The number of carbonyl (C=O) groups is 3. The molecular formula is C21H25ClN2O4S. The third kappa shape index (κ3) is 6.05. The molecule has 6 nitrogen and oxygen atoms in total. The van der Waals surface area contributed by atoms with Gasteiger partial charge in [-0.05, 0) is 71.4 Å². The van der Waals surface area contributed by atoms with Gasteiger partial charge in [0.25, 0.3) is 0 Å². The van der Waals surface area contributed by atoms with Crippen molar-refractivity contribution in [3.63, 3.8) is 0 Å². The van der Waals surface area contributed by atoms with Crippen LogP contribution in [0.4, 0.5) is 9.80 Å². The zero-order valence-corrected chi connectivity index (χ0v) is 18.9. The number of ketones is 1. The van der Waals surface area contributed by atoms with Gasteiger partial charge in [0.15, 0.2) is 5.78 Å². The van der Waals surface area contributed by atoms with E-state index in [2.05, 4.69) is 10.6 Å². The number of aryl methyl sites for hydroxylation is 1. The standard InChI is InChI=1S/C21H25ClN2O4S/c1-11-13(3)29-19(16(11)17(25)14-7-9-15(22)10-8-14)24-18(26)12(2)23-20(27)28-21(4,5)6/h7-10,12H,1-6H3,(H,23,27)(H,24,26). The molecule has 8 heteroatoms. The highest BCUT2D eigenvalue weighted by molar-refractivity contribution is 7.16. The number of halogens is 1. The summed E-state index contributed by atoms with van der Waals surface area (Å²) >= 11 is 7.22. The molecule has 1 aromatic heterocycles. The Balaban J connectivity index is 2.20. The van der Waals surface area contributed by atoms with E-state index < -0.39 is 23.6 Å². The summed E-state index contributed by atoms with van der Waals surface area (Å²) in [5, 5.41) is 6.25. The van der Waals surface area contributed by atoms with E-state index >= 15 is 0 Å². The highest BCUT2D eigenvalue weighted by atomic mass is 35.5. The van der Waals surface area contributed by atoms with E-state index in [4.69, 9.17) is 16.3 Å². The summed E-state index contributed by atoms with van der Waals surface area (Å²) in [6, 6.07) is 5.75. The number of ether oxygens (including phenoxy) is 1. The summed E-state index contributed by atoms with van der Waals surface area (Å²) in [6.07, 6.45) is -0.684. The monoisotopic (exact) mass is 436 g/mol. The minimum Gasteiger partial charge on any atom is -0.444 e. The SMILES string of the molecule is Cc1sc(NC(=O)C(C)NC(=O)OC(C)(C)C)c(C(=O)c2ccc(Cl)cc2)c1C. The minimum absolute atomic E-state index is 0.202. The summed E-state index contributed by atoms with van der Waals surface area (Å²) < 4.78 is 5.17. The molecule has 0 aliphatic heterocycles. The number of alkyl carbamates (subject to hydrolysis) is 1. The van der Waals surface area contributed by atoms with Crippen molar-refractivity contribution in [2.75, 3.05) is 5.32 Å². The van der Waals surface area contributed by atoms with E-state index in [-0.39, 0.29) is 5.78 Å². The van der Waals surface area contributed by atoms with E-state index in [1.165, 1.54) is 11.3 Å². The van der Waals surface area contributed by atoms with Gasteiger partial charge in [-0.15, -0.1) is 11.3 Å². The van der Waals surface area contributed by atoms with Gasteiger partial charge in [0, 0.05) is 15.5 Å². The van der Waals surface area contributed by atoms with Gasteiger partial charge in [-0.2, -0.15) is 0 Å². The molecule has 1 heterocycles. The zero-order chi connectivity index (χ0) is 21.9. The highest BCUT2D eigenvalue weighted by Gasteiger charge is 2.25. The molecule has 0 saturated carbocycles. The molecular weight excluding hydrogens is 412 g/mol. The number of thiophene rings is 1. The van der Waals surface area contributed by atoms with Crippen molar-refractivity contribution in [1.29, 1.82) is 0 Å². The Labute approximate surface area is 179 Å². The predicted octanol–water partition coefficient (Wildman–Crippen LogP) is 5.10. The Morgan fingerprint density at radius 1 is 1.10 bits per heavy atom. The lowest BCUT2D eigenvalue weighted by Gasteiger charge is -2.21. The third-order valence-electron chi connectivity index (χ3n) is 4.08. The van der Waals surface area contributed by atoms with E-state index in [9.17, 15) is 14.4 Å². The fourth-order valence-corrected chi connectivity index (χ4v) is 3.69. The van der Waals surface area contributed by atoms with E-state index in [0.717, 1.165) is 10.4 Å². The Morgan fingerprint density at radius 2 is 1.69 bits per heavy atom. The maximum atomic E-state index is 13.0. The van der Waals surface area contributed by atoms with Gasteiger partial charge >= 0.3 is 6.09 Å². The normalized spacial score (nSPS) is 12.2. The number of rotatable bonds is 5. The molecule has 0 radical (unpaired) electrons. The molecule has 1 atom stereocenters. The van der Waals surface area contributed by atoms with E-state index in [1.807, 2.05) is 13.8 Å². The van der Waals surface area contributed by atoms with Crippen molar-refractivity contribution in [3.05, 3.63) is 50.9 Å². The number of benzene rings is 1. The molecule has 156 valence electrons. The quantitative estimate of drug-likeness (QED) is 0.638. The first-order valence-electron chi connectivity index (χ1n) is 9.09. The maximum Gasteiger partial charge on any atom is 0.408 e. The van der Waals surface area contributed by atoms with Crippen molar-refractivity contribution < 1.29 is 19.1 Å². The minimum atomic E-state index is -0.842. The molecule has 2 rings (SSSR count). The summed E-state index contributed by atoms with van der Waals surface area (Å²) in [6.45, 7) is 10.5. The lowest BCUT2D eigenvalue weighted by Crippen LogP contribution is -2.44. The van der Waals surface area contributed by atoms with E-state index in [1.54, 1.807) is 52.0 Å². The number of nitrogens with one attached hydrogen (secondary N) is 2. The van der Waals surface area contributed by atoms with Gasteiger partial charge in [-0.1, -0.05) is 11.6 Å². The first-order valence-corrected chi connectivity index (χ1v) is 10.3. The average Bonchev–Trinajstić information content (AvgIpc) is 2.87. The highest BCUT2D eigenvalue weighted by Crippen LogP contribution is 2.34. The average molecular weight is 437 g/mol. The van der Waals surface area contributed by atoms with Crippen LogP contribution in [0, 0.1) is 13.8 Å². The molecule has 2 N–H and O–H groups in total. The second kappa shape index (κ2) is 8.97. The Morgan fingerprint density at radius 3 is 2.24 bits per heavy atom. The summed E-state index contributed by atoms with van der Waals surface area (Å²) in [5.74, 6) is -0.645. The van der Waals surface area contributed by atoms with Crippen LogP contribution in [-0.4, -0.2) is 29.4 Å². The fourth-order valence-electron chi connectivity index (χ4n) is 2.50. The summed E-state index contributed by atoms with van der Waals surface area (Å²) in [4.78, 5) is 38.4. The van der Waals surface area contributed by atoms with Gasteiger partial charge in [0.2, 0.25) is 5.91 Å². The first-order chi connectivity index (χ1) is 13.4. The molecule has 0 bridgehead atoms. The number of amides is 2. The smallest absolute Gasteiger partial charge is 0.408 e.